The molecule has 1 amide bonds. The number of H-pyrrole nitrogens is 1. The quantitative estimate of drug-likeness (QED) is 0.765. The molecule has 4 N–H and O–H groups in total. The smallest absolute Gasteiger partial charge is 0.257 e. The van der Waals surface area contributed by atoms with Crippen LogP contribution in [-0.2, 0) is 0 Å². The standard InChI is InChI=1S/C13H22N4O/c1-4-9-5-6-10(7(9)2)15-13(18)11-8(3)16-17-12(11)14/h7,9-10H,4-6H2,1-3H3,(H,15,18)(H3,14,16,17). The lowest BCUT2D eigenvalue weighted by Gasteiger charge is -2.21. The topological polar surface area (TPSA) is 83.8 Å². The van der Waals surface area contributed by atoms with Gasteiger partial charge in [-0.3, -0.25) is 9.89 Å². The Labute approximate surface area is 108 Å². The summed E-state index contributed by atoms with van der Waals surface area (Å²) in [5, 5.41) is 9.69. The van der Waals surface area contributed by atoms with Gasteiger partial charge >= 0.3 is 0 Å². The predicted molar refractivity (Wildman–Crippen MR) is 71.2 cm³/mol. The van der Waals surface area contributed by atoms with Gasteiger partial charge in [0.05, 0.1) is 0 Å². The number of anilines is 1. The molecular weight excluding hydrogens is 228 g/mol. The second-order valence-corrected chi connectivity index (χ2v) is 5.29. The predicted octanol–water partition coefficient (Wildman–Crippen LogP) is 1.85. The maximum atomic E-state index is 12.2. The summed E-state index contributed by atoms with van der Waals surface area (Å²) in [6.07, 6.45) is 3.44. The SMILES string of the molecule is CCC1CCC(NC(=O)c2c(N)n[nH]c2C)C1C. The molecule has 3 unspecified atom stereocenters. The Hall–Kier alpha value is -1.52. The number of aromatic amines is 1. The highest BCUT2D eigenvalue weighted by Crippen LogP contribution is 2.34. The average molecular weight is 250 g/mol. The molecule has 0 aromatic carbocycles. The first-order chi connectivity index (χ1) is 8.54. The van der Waals surface area contributed by atoms with Crippen molar-refractivity contribution in [1.29, 1.82) is 0 Å². The van der Waals surface area contributed by atoms with Crippen molar-refractivity contribution < 1.29 is 4.79 Å². The van der Waals surface area contributed by atoms with Crippen LogP contribution < -0.4 is 11.1 Å². The number of aryl methyl sites for hydroxylation is 1. The largest absolute Gasteiger partial charge is 0.382 e. The van der Waals surface area contributed by atoms with E-state index in [0.29, 0.717) is 11.5 Å². The highest BCUT2D eigenvalue weighted by molar-refractivity contribution is 5.99. The van der Waals surface area contributed by atoms with Crippen LogP contribution in [0.25, 0.3) is 0 Å². The van der Waals surface area contributed by atoms with Crippen LogP contribution in [0.3, 0.4) is 0 Å². The van der Waals surface area contributed by atoms with Crippen molar-refractivity contribution in [3.8, 4) is 0 Å². The minimum atomic E-state index is -0.104. The van der Waals surface area contributed by atoms with Gasteiger partial charge in [0.1, 0.15) is 5.56 Å². The lowest BCUT2D eigenvalue weighted by Crippen LogP contribution is -2.37. The Balaban J connectivity index is 2.05. The zero-order chi connectivity index (χ0) is 13.3. The number of amides is 1. The molecule has 1 aliphatic carbocycles. The number of hydrogen-bond acceptors (Lipinski definition) is 3. The summed E-state index contributed by atoms with van der Waals surface area (Å²) in [5.74, 6) is 1.43. The van der Waals surface area contributed by atoms with Gasteiger partial charge in [0.15, 0.2) is 5.82 Å². The van der Waals surface area contributed by atoms with E-state index in [1.807, 2.05) is 6.92 Å². The van der Waals surface area contributed by atoms with Gasteiger partial charge in [-0.2, -0.15) is 5.10 Å². The van der Waals surface area contributed by atoms with Gasteiger partial charge in [-0.25, -0.2) is 0 Å². The van der Waals surface area contributed by atoms with Crippen molar-refractivity contribution in [2.75, 3.05) is 5.73 Å². The number of aromatic nitrogens is 2. The van der Waals surface area contributed by atoms with Gasteiger partial charge in [0.25, 0.3) is 5.91 Å². The monoisotopic (exact) mass is 250 g/mol. The number of nitrogens with one attached hydrogen (secondary N) is 2. The van der Waals surface area contributed by atoms with E-state index in [1.165, 1.54) is 12.8 Å². The van der Waals surface area contributed by atoms with E-state index in [0.717, 1.165) is 18.0 Å². The summed E-state index contributed by atoms with van der Waals surface area (Å²) in [4.78, 5) is 12.2. The van der Waals surface area contributed by atoms with Crippen molar-refractivity contribution in [3.63, 3.8) is 0 Å². The minimum Gasteiger partial charge on any atom is -0.382 e. The Morgan fingerprint density at radius 3 is 2.78 bits per heavy atom. The highest BCUT2D eigenvalue weighted by Gasteiger charge is 2.33. The molecule has 0 saturated heterocycles. The molecule has 3 atom stereocenters. The van der Waals surface area contributed by atoms with Crippen LogP contribution in [0, 0.1) is 18.8 Å². The van der Waals surface area contributed by atoms with Crippen LogP contribution in [-0.4, -0.2) is 22.1 Å². The molecule has 1 aliphatic rings. The van der Waals surface area contributed by atoms with Crippen molar-refractivity contribution in [1.82, 2.24) is 15.5 Å². The number of rotatable bonds is 3. The Kier molecular flexibility index (Phi) is 3.59. The molecule has 1 aromatic heterocycles. The van der Waals surface area contributed by atoms with E-state index in [4.69, 9.17) is 5.73 Å². The van der Waals surface area contributed by atoms with E-state index >= 15 is 0 Å². The summed E-state index contributed by atoms with van der Waals surface area (Å²) >= 11 is 0. The van der Waals surface area contributed by atoms with Gasteiger partial charge < -0.3 is 11.1 Å². The van der Waals surface area contributed by atoms with Gasteiger partial charge in [-0.15, -0.1) is 0 Å². The molecule has 0 bridgehead atoms. The number of nitrogens with zero attached hydrogens (tertiary/aromatic N) is 1. The lowest BCUT2D eigenvalue weighted by atomic mass is 9.93. The molecule has 2 rings (SSSR count). The Bertz CT molecular complexity index is 421. The third kappa shape index (κ3) is 2.21. The van der Waals surface area contributed by atoms with Crippen LogP contribution >= 0.6 is 0 Å². The number of carbonyl (C=O) groups excluding carboxylic acids is 1. The maximum absolute atomic E-state index is 12.2. The molecule has 0 aliphatic heterocycles. The first-order valence-electron chi connectivity index (χ1n) is 6.65. The van der Waals surface area contributed by atoms with E-state index in [-0.39, 0.29) is 17.8 Å². The van der Waals surface area contributed by atoms with Crippen LogP contribution in [0.5, 0.6) is 0 Å². The van der Waals surface area contributed by atoms with Crippen molar-refractivity contribution >= 4 is 11.7 Å². The van der Waals surface area contributed by atoms with E-state index in [9.17, 15) is 4.79 Å². The molecule has 1 saturated carbocycles. The second kappa shape index (κ2) is 5.00. The third-order valence-electron chi connectivity index (χ3n) is 4.27. The van der Waals surface area contributed by atoms with E-state index in [2.05, 4.69) is 29.4 Å². The number of nitrogens with two attached hydrogens (primary N) is 1. The zero-order valence-electron chi connectivity index (χ0n) is 11.3. The van der Waals surface area contributed by atoms with Crippen LogP contribution in [0.1, 0.15) is 49.2 Å². The van der Waals surface area contributed by atoms with Crippen LogP contribution in [0.15, 0.2) is 0 Å². The second-order valence-electron chi connectivity index (χ2n) is 5.29. The van der Waals surface area contributed by atoms with Crippen LogP contribution in [0.2, 0.25) is 0 Å². The fourth-order valence-electron chi connectivity index (χ4n) is 3.00. The highest BCUT2D eigenvalue weighted by atomic mass is 16.1. The van der Waals surface area contributed by atoms with Crippen LogP contribution in [0.4, 0.5) is 5.82 Å². The molecule has 5 heteroatoms. The van der Waals surface area contributed by atoms with Gasteiger partial charge in [-0.05, 0) is 31.6 Å². The molecule has 0 radical (unpaired) electrons. The summed E-state index contributed by atoms with van der Waals surface area (Å²) in [5.41, 5.74) is 6.91. The summed E-state index contributed by atoms with van der Waals surface area (Å²) in [7, 11) is 0. The Morgan fingerprint density at radius 1 is 1.56 bits per heavy atom. The van der Waals surface area contributed by atoms with Gasteiger partial charge in [0, 0.05) is 11.7 Å². The minimum absolute atomic E-state index is 0.104. The fraction of sp³-hybridized carbons (Fsp3) is 0.692. The fourth-order valence-corrected chi connectivity index (χ4v) is 3.00. The summed E-state index contributed by atoms with van der Waals surface area (Å²) in [6, 6.07) is 0.260. The maximum Gasteiger partial charge on any atom is 0.257 e. The molecule has 1 aromatic rings. The third-order valence-corrected chi connectivity index (χ3v) is 4.27. The molecule has 0 spiro atoms. The summed E-state index contributed by atoms with van der Waals surface area (Å²) < 4.78 is 0. The van der Waals surface area contributed by atoms with E-state index in [1.54, 1.807) is 0 Å². The number of carbonyl (C=O) groups is 1. The van der Waals surface area contributed by atoms with Crippen molar-refractivity contribution in [2.45, 2.75) is 46.1 Å². The van der Waals surface area contributed by atoms with Gasteiger partial charge in [0.2, 0.25) is 0 Å². The molecule has 100 valence electrons. The zero-order valence-corrected chi connectivity index (χ0v) is 11.3. The van der Waals surface area contributed by atoms with E-state index < -0.39 is 0 Å². The Morgan fingerprint density at radius 2 is 2.28 bits per heavy atom. The van der Waals surface area contributed by atoms with Crippen molar-refractivity contribution in [2.24, 2.45) is 11.8 Å². The summed E-state index contributed by atoms with van der Waals surface area (Å²) in [6.45, 7) is 6.24. The molecule has 5 nitrogen and oxygen atoms in total. The average Bonchev–Trinajstić information content (AvgIpc) is 2.84. The normalized spacial score (nSPS) is 27.4. The molecular formula is C13H22N4O. The first kappa shape index (κ1) is 12.9. The molecule has 1 heterocycles. The number of nitrogen functional groups attached to an aromatic ring is 1. The molecule has 1 fully saturated rings. The lowest BCUT2D eigenvalue weighted by molar-refractivity contribution is 0.0927. The number of hydrogen-bond donors (Lipinski definition) is 3. The molecule has 18 heavy (non-hydrogen) atoms. The van der Waals surface area contributed by atoms with Crippen molar-refractivity contribution in [3.05, 3.63) is 11.3 Å². The van der Waals surface area contributed by atoms with Gasteiger partial charge in [-0.1, -0.05) is 20.3 Å². The first-order valence-corrected chi connectivity index (χ1v) is 6.65.